The Kier molecular flexibility index (Phi) is 6.03. The molecule has 162 valence electrons. The van der Waals surface area contributed by atoms with Crippen molar-refractivity contribution in [2.75, 3.05) is 0 Å². The van der Waals surface area contributed by atoms with E-state index < -0.39 is 0 Å². The number of hydrogen-bond donors (Lipinski definition) is 0. The molecule has 0 bridgehead atoms. The van der Waals surface area contributed by atoms with E-state index in [9.17, 15) is 0 Å². The molecule has 0 aliphatic heterocycles. The van der Waals surface area contributed by atoms with Gasteiger partial charge in [-0.1, -0.05) is 78.4 Å². The predicted molar refractivity (Wildman–Crippen MR) is 133 cm³/mol. The van der Waals surface area contributed by atoms with Gasteiger partial charge in [0.25, 0.3) is 0 Å². The molecule has 0 amide bonds. The molecule has 0 aliphatic rings. The van der Waals surface area contributed by atoms with Crippen molar-refractivity contribution in [3.63, 3.8) is 0 Å². The van der Waals surface area contributed by atoms with Crippen LogP contribution in [0.2, 0.25) is 0 Å². The smallest absolute Gasteiger partial charge is 0.130 e. The Labute approximate surface area is 194 Å². The molecule has 1 aromatic heterocycles. The van der Waals surface area contributed by atoms with Crippen LogP contribution >= 0.6 is 0 Å². The predicted octanol–water partition coefficient (Wildman–Crippen LogP) is 7.37. The molecule has 0 unspecified atom stereocenters. The summed E-state index contributed by atoms with van der Waals surface area (Å²) in [5, 5.41) is 1.14. The first kappa shape index (κ1) is 20.8. The van der Waals surface area contributed by atoms with Crippen LogP contribution in [0.3, 0.4) is 0 Å². The first-order valence-electron chi connectivity index (χ1n) is 11.1. The summed E-state index contributed by atoms with van der Waals surface area (Å²) in [4.78, 5) is 4.67. The molecule has 0 saturated heterocycles. The highest BCUT2D eigenvalue weighted by Crippen LogP contribution is 2.24. The lowest BCUT2D eigenvalue weighted by Crippen LogP contribution is -1.98. The molecule has 5 rings (SSSR count). The van der Waals surface area contributed by atoms with E-state index >= 15 is 0 Å². The fourth-order valence-corrected chi connectivity index (χ4v) is 3.68. The number of hydrogen-bond acceptors (Lipinski definition) is 3. The van der Waals surface area contributed by atoms with Crippen molar-refractivity contribution in [3.8, 4) is 22.6 Å². The van der Waals surface area contributed by atoms with Crippen LogP contribution in [0, 0.1) is 6.92 Å². The second-order valence-electron chi connectivity index (χ2n) is 8.11. The van der Waals surface area contributed by atoms with Crippen LogP contribution in [-0.2, 0) is 13.2 Å². The highest BCUT2D eigenvalue weighted by Gasteiger charge is 2.03. The molecule has 5 aromatic rings. The third-order valence-electron chi connectivity index (χ3n) is 5.61. The number of pyridine rings is 1. The highest BCUT2D eigenvalue weighted by molar-refractivity contribution is 5.78. The summed E-state index contributed by atoms with van der Waals surface area (Å²) in [6.45, 7) is 3.07. The molecule has 4 aromatic carbocycles. The lowest BCUT2D eigenvalue weighted by Gasteiger charge is -2.09. The first-order valence-corrected chi connectivity index (χ1v) is 11.1. The van der Waals surface area contributed by atoms with E-state index in [1.807, 2.05) is 48.5 Å². The number of nitrogens with zero attached hydrogens (tertiary/aromatic N) is 1. The quantitative estimate of drug-likeness (QED) is 0.270. The topological polar surface area (TPSA) is 31.4 Å². The number of aromatic nitrogens is 1. The number of aryl methyl sites for hydroxylation is 1. The Morgan fingerprint density at radius 2 is 1.18 bits per heavy atom. The van der Waals surface area contributed by atoms with Crippen LogP contribution < -0.4 is 9.47 Å². The van der Waals surface area contributed by atoms with Crippen molar-refractivity contribution in [1.82, 2.24) is 4.98 Å². The zero-order valence-corrected chi connectivity index (χ0v) is 18.6. The second-order valence-corrected chi connectivity index (χ2v) is 8.11. The molecule has 0 fully saturated rings. The van der Waals surface area contributed by atoms with Gasteiger partial charge in [0.05, 0.1) is 11.2 Å². The molecule has 3 nitrogen and oxygen atoms in total. The van der Waals surface area contributed by atoms with E-state index in [1.165, 1.54) is 5.56 Å². The molecule has 0 spiro atoms. The number of fused-ring (bicyclic) bond motifs is 1. The van der Waals surface area contributed by atoms with Gasteiger partial charge < -0.3 is 9.47 Å². The Morgan fingerprint density at radius 3 is 1.91 bits per heavy atom. The van der Waals surface area contributed by atoms with Gasteiger partial charge in [0.15, 0.2) is 0 Å². The SMILES string of the molecule is Cc1ccc(OCc2ccc(-c3ccc(OCc4ccc5ccccc5n4)cc3)cc2)cc1. The minimum absolute atomic E-state index is 0.444. The molecular weight excluding hydrogens is 406 g/mol. The van der Waals surface area contributed by atoms with Crippen molar-refractivity contribution in [3.05, 3.63) is 126 Å². The maximum absolute atomic E-state index is 5.95. The second kappa shape index (κ2) is 9.58. The maximum Gasteiger partial charge on any atom is 0.130 e. The molecule has 1 heterocycles. The van der Waals surface area contributed by atoms with Crippen molar-refractivity contribution < 1.29 is 9.47 Å². The van der Waals surface area contributed by atoms with Gasteiger partial charge in [0.2, 0.25) is 0 Å². The van der Waals surface area contributed by atoms with Crippen LogP contribution in [0.5, 0.6) is 11.5 Å². The summed E-state index contributed by atoms with van der Waals surface area (Å²) in [6.07, 6.45) is 0. The summed E-state index contributed by atoms with van der Waals surface area (Å²) >= 11 is 0. The Balaban J connectivity index is 1.18. The summed E-state index contributed by atoms with van der Waals surface area (Å²) in [7, 11) is 0. The maximum atomic E-state index is 5.95. The van der Waals surface area contributed by atoms with Gasteiger partial charge in [-0.3, -0.25) is 0 Å². The van der Waals surface area contributed by atoms with Crippen LogP contribution in [0.4, 0.5) is 0 Å². The fourth-order valence-electron chi connectivity index (χ4n) is 3.68. The fraction of sp³-hybridized carbons (Fsp3) is 0.100. The zero-order chi connectivity index (χ0) is 22.5. The van der Waals surface area contributed by atoms with Crippen LogP contribution in [0.1, 0.15) is 16.8 Å². The number of para-hydroxylation sites is 1. The Morgan fingerprint density at radius 1 is 0.576 bits per heavy atom. The van der Waals surface area contributed by atoms with Crippen molar-refractivity contribution in [1.29, 1.82) is 0 Å². The van der Waals surface area contributed by atoms with Crippen molar-refractivity contribution in [2.45, 2.75) is 20.1 Å². The molecule has 0 radical (unpaired) electrons. The molecule has 0 saturated carbocycles. The Bertz CT molecular complexity index is 1340. The summed E-state index contributed by atoms with van der Waals surface area (Å²) in [5.74, 6) is 1.72. The van der Waals surface area contributed by atoms with Crippen LogP contribution in [0.15, 0.2) is 109 Å². The van der Waals surface area contributed by atoms with Crippen molar-refractivity contribution >= 4 is 10.9 Å². The normalized spacial score (nSPS) is 10.8. The first-order chi connectivity index (χ1) is 16.2. The van der Waals surface area contributed by atoms with Gasteiger partial charge in [-0.2, -0.15) is 0 Å². The molecule has 3 heteroatoms. The molecule has 0 aliphatic carbocycles. The molecule has 0 N–H and O–H groups in total. The van der Waals surface area contributed by atoms with E-state index in [0.29, 0.717) is 13.2 Å². The van der Waals surface area contributed by atoms with Crippen LogP contribution in [0.25, 0.3) is 22.0 Å². The number of ether oxygens (including phenoxy) is 2. The van der Waals surface area contributed by atoms with E-state index in [2.05, 4.69) is 72.6 Å². The minimum Gasteiger partial charge on any atom is -0.489 e. The van der Waals surface area contributed by atoms with Crippen molar-refractivity contribution in [2.24, 2.45) is 0 Å². The Hall–Kier alpha value is -4.11. The highest BCUT2D eigenvalue weighted by atomic mass is 16.5. The van der Waals surface area contributed by atoms with Gasteiger partial charge in [-0.15, -0.1) is 0 Å². The average molecular weight is 432 g/mol. The van der Waals surface area contributed by atoms with E-state index in [1.54, 1.807) is 0 Å². The van der Waals surface area contributed by atoms with Gasteiger partial charge in [0, 0.05) is 5.39 Å². The molecular formula is C30H25NO2. The monoisotopic (exact) mass is 431 g/mol. The van der Waals surface area contributed by atoms with Crippen LogP contribution in [-0.4, -0.2) is 4.98 Å². The average Bonchev–Trinajstić information content (AvgIpc) is 2.88. The van der Waals surface area contributed by atoms with E-state index in [-0.39, 0.29) is 0 Å². The molecule has 0 atom stereocenters. The lowest BCUT2D eigenvalue weighted by atomic mass is 10.0. The standard InChI is InChI=1S/C30H25NO2/c1-22-6-16-28(17-7-22)32-20-23-8-10-24(11-9-23)25-13-18-29(19-14-25)33-21-27-15-12-26-4-2-3-5-30(26)31-27/h2-19H,20-21H2,1H3. The van der Waals surface area contributed by atoms with Gasteiger partial charge >= 0.3 is 0 Å². The number of rotatable bonds is 7. The van der Waals surface area contributed by atoms with Gasteiger partial charge in [-0.25, -0.2) is 4.98 Å². The summed E-state index contributed by atoms with van der Waals surface area (Å²) < 4.78 is 11.8. The third kappa shape index (κ3) is 5.21. The van der Waals surface area contributed by atoms with E-state index in [0.717, 1.165) is 44.8 Å². The molecule has 33 heavy (non-hydrogen) atoms. The summed E-state index contributed by atoms with van der Waals surface area (Å²) in [5.41, 5.74) is 6.59. The number of benzene rings is 4. The largest absolute Gasteiger partial charge is 0.489 e. The van der Waals surface area contributed by atoms with E-state index in [4.69, 9.17) is 9.47 Å². The zero-order valence-electron chi connectivity index (χ0n) is 18.6. The summed E-state index contributed by atoms with van der Waals surface area (Å²) in [6, 6.07) is 37.0. The third-order valence-corrected chi connectivity index (χ3v) is 5.61. The minimum atomic E-state index is 0.444. The lowest BCUT2D eigenvalue weighted by molar-refractivity contribution is 0.302. The van der Waals surface area contributed by atoms with Gasteiger partial charge in [-0.05, 0) is 60.0 Å². The van der Waals surface area contributed by atoms with Gasteiger partial charge in [0.1, 0.15) is 24.7 Å².